The number of hydrogen-bond donors (Lipinski definition) is 4. The predicted octanol–water partition coefficient (Wildman–Crippen LogP) is 6.09. The number of anilines is 1. The van der Waals surface area contributed by atoms with E-state index >= 15 is 0 Å². The van der Waals surface area contributed by atoms with Crippen molar-refractivity contribution in [1.29, 1.82) is 0 Å². The number of rotatable bonds is 14. The summed E-state index contributed by atoms with van der Waals surface area (Å²) in [5.41, 5.74) is -0.369. The van der Waals surface area contributed by atoms with E-state index in [1.807, 2.05) is 29.8 Å². The Morgan fingerprint density at radius 1 is 1.10 bits per heavy atom. The molecule has 24 heteroatoms. The van der Waals surface area contributed by atoms with Crippen LogP contribution in [0.5, 0.6) is 5.75 Å². The number of likely N-dealkylation sites (tertiary alicyclic amines) is 1. The highest BCUT2D eigenvalue weighted by molar-refractivity contribution is 14.1. The lowest BCUT2D eigenvalue weighted by Gasteiger charge is -2.59. The first-order chi connectivity index (χ1) is 33.8. The van der Waals surface area contributed by atoms with Crippen molar-refractivity contribution in [3.8, 4) is 5.75 Å². The number of benzene rings is 1. The summed E-state index contributed by atoms with van der Waals surface area (Å²) in [6.45, 7) is 6.50. The number of hydrazine groups is 1. The fraction of sp³-hybridized carbons (Fsp3) is 0.667. The third-order valence-corrected chi connectivity index (χ3v) is 16.6. The molecule has 9 atom stereocenters. The number of nitrogens with one attached hydrogen (secondary N) is 3. The Morgan fingerprint density at radius 2 is 1.78 bits per heavy atom. The summed E-state index contributed by atoms with van der Waals surface area (Å²) in [6, 6.07) is -0.289. The van der Waals surface area contributed by atoms with Crippen LogP contribution in [0.25, 0.3) is 0 Å². The molecule has 6 aliphatic rings. The van der Waals surface area contributed by atoms with Gasteiger partial charge in [-0.3, -0.25) is 44.5 Å². The van der Waals surface area contributed by atoms with Gasteiger partial charge in [-0.2, -0.15) is 16.8 Å². The van der Waals surface area contributed by atoms with Crippen LogP contribution in [-0.4, -0.2) is 150 Å². The highest BCUT2D eigenvalue weighted by atomic mass is 127. The molecule has 5 amide bonds. The lowest BCUT2D eigenvalue weighted by Crippen LogP contribution is -2.72. The molecule has 4 N–H and O–H groups in total. The zero-order valence-corrected chi connectivity index (χ0v) is 45.3. The molecule has 1 aromatic carbocycles. The number of fused-ring (bicyclic) bond motifs is 6. The highest BCUT2D eigenvalue weighted by Crippen LogP contribution is 2.51. The van der Waals surface area contributed by atoms with Crippen LogP contribution in [0.2, 0.25) is 5.02 Å². The topological polar surface area (TPSA) is 215 Å². The number of alkyl halides is 3. The molecule has 3 unspecified atom stereocenters. The van der Waals surface area contributed by atoms with E-state index in [0.29, 0.717) is 37.7 Å². The molecule has 3 saturated heterocycles. The molecule has 1 aromatic rings. The molecule has 18 nitrogen and oxygen atoms in total. The number of amides is 5. The van der Waals surface area contributed by atoms with Crippen molar-refractivity contribution in [3.63, 3.8) is 0 Å². The maximum atomic E-state index is 14.9. The minimum Gasteiger partial charge on any atom is -0.495 e. The largest absolute Gasteiger partial charge is 0.495 e. The van der Waals surface area contributed by atoms with Crippen LogP contribution in [0.1, 0.15) is 91.0 Å². The van der Waals surface area contributed by atoms with E-state index in [9.17, 15) is 47.0 Å². The molecule has 1 saturated carbocycles. The van der Waals surface area contributed by atoms with Crippen molar-refractivity contribution in [2.45, 2.75) is 151 Å². The predicted molar refractivity (Wildman–Crippen MR) is 269 cm³/mol. The van der Waals surface area contributed by atoms with Gasteiger partial charge in [-0.25, -0.2) is 4.79 Å². The van der Waals surface area contributed by atoms with Crippen molar-refractivity contribution in [2.24, 2.45) is 11.8 Å². The third kappa shape index (κ3) is 13.0. The molecule has 1 aliphatic carbocycles. The zero-order chi connectivity index (χ0) is 53.1. The van der Waals surface area contributed by atoms with Crippen LogP contribution in [0.4, 0.5) is 23.7 Å². The summed E-state index contributed by atoms with van der Waals surface area (Å²) in [5, 5.41) is 13.6. The van der Waals surface area contributed by atoms with Crippen LogP contribution < -0.4 is 24.0 Å². The number of thioether (sulfide) groups is 1. The Bertz CT molecular complexity index is 2280. The summed E-state index contributed by atoms with van der Waals surface area (Å²) in [4.78, 5) is 83.6. The minimum absolute atomic E-state index is 0.00201. The van der Waals surface area contributed by atoms with Gasteiger partial charge in [0.25, 0.3) is 0 Å². The normalized spacial score (nSPS) is 32.5. The van der Waals surface area contributed by atoms with Crippen LogP contribution in [0.15, 0.2) is 35.9 Å². The van der Waals surface area contributed by atoms with Crippen LogP contribution in [0, 0.1) is 11.8 Å². The smallest absolute Gasteiger partial charge is 0.409 e. The first-order valence-corrected chi connectivity index (χ1v) is 26.3. The van der Waals surface area contributed by atoms with E-state index in [-0.39, 0.29) is 65.8 Å². The number of methoxy groups -OCH3 is 2. The minimum atomic E-state index is -4.84. The summed E-state index contributed by atoms with van der Waals surface area (Å²) in [7, 11) is 5.41. The fourth-order valence-electron chi connectivity index (χ4n) is 10.5. The molecular weight excluding hydrogens is 1100 g/mol. The van der Waals surface area contributed by atoms with Gasteiger partial charge in [0.2, 0.25) is 23.6 Å². The number of ether oxygens (including phenoxy) is 5. The van der Waals surface area contributed by atoms with Gasteiger partial charge < -0.3 is 33.7 Å². The van der Waals surface area contributed by atoms with E-state index in [1.165, 1.54) is 38.0 Å². The molecule has 5 heterocycles. The van der Waals surface area contributed by atoms with Crippen molar-refractivity contribution < 1.29 is 70.7 Å². The number of esters is 1. The first-order valence-electron chi connectivity index (χ1n) is 23.8. The molecule has 0 aromatic heterocycles. The van der Waals surface area contributed by atoms with E-state index in [0.717, 1.165) is 29.3 Å². The lowest BCUT2D eigenvalue weighted by molar-refractivity contribution is -0.328. The number of nitrogens with zero attached hydrogens (tertiary/aromatic N) is 3. The zero-order valence-electron chi connectivity index (χ0n) is 41.6. The van der Waals surface area contributed by atoms with Gasteiger partial charge in [-0.05, 0) is 103 Å². The maximum absolute atomic E-state index is 14.9. The number of alkyl carbamates (subject to hydrolysis) is 1. The first kappa shape index (κ1) is 57.6. The molecule has 72 heavy (non-hydrogen) atoms. The number of hydrogen-bond acceptors (Lipinski definition) is 15. The number of halogens is 5. The summed E-state index contributed by atoms with van der Waals surface area (Å²) >= 11 is 9.56. The van der Waals surface area contributed by atoms with Crippen LogP contribution in [-0.2, 0) is 49.3 Å². The number of likely N-dealkylation sites (N-methyl/N-ethyl adjacent to an activating group) is 1. The van der Waals surface area contributed by atoms with Gasteiger partial charge in [0.15, 0.2) is 5.72 Å². The Hall–Kier alpha value is -3.72. The molecule has 5 aliphatic heterocycles. The number of imide groups is 1. The Labute approximate surface area is 440 Å². The summed E-state index contributed by atoms with van der Waals surface area (Å²) < 4.78 is 76.8. The fourth-order valence-corrected chi connectivity index (χ4v) is 12.2. The average molecular weight is 1170 g/mol. The third-order valence-electron chi connectivity index (χ3n) is 14.7. The number of carbonyl (C=O) groups is 6. The van der Waals surface area contributed by atoms with Gasteiger partial charge in [0.1, 0.15) is 52.4 Å². The van der Waals surface area contributed by atoms with E-state index in [2.05, 4.69) is 14.4 Å². The molecule has 4 fully saturated rings. The van der Waals surface area contributed by atoms with Crippen LogP contribution in [0.3, 0.4) is 0 Å². The summed E-state index contributed by atoms with van der Waals surface area (Å²) in [5.74, 6) is -2.75. The summed E-state index contributed by atoms with van der Waals surface area (Å²) in [6.07, 6.45) is -2.89. The molecule has 7 rings (SSSR count). The molecular formula is C48H65ClF3IN6O12S. The number of carbonyl (C=O) groups excluding carboxylic acids is 6. The molecule has 0 spiro atoms. The Kier molecular flexibility index (Phi) is 18.7. The molecule has 6 bridgehead atoms. The van der Waals surface area contributed by atoms with Gasteiger partial charge >= 0.3 is 18.2 Å². The second kappa shape index (κ2) is 23.4. The van der Waals surface area contributed by atoms with Crippen molar-refractivity contribution in [2.75, 3.05) is 45.5 Å². The van der Waals surface area contributed by atoms with E-state index < -0.39 is 101 Å². The maximum Gasteiger partial charge on any atom is 0.409 e. The number of allylic oxidation sites excluding steroid dienone is 3. The standard InChI is InChI=1S/C48H65ClF3IN6O12S/c1-26-10-9-11-35(68-8)47(66)23-37(70-44(65)54-47)46(4)25-45(3,71-46)36(22-38(60)58(6)31-19-29(18-26)20-32(67-7)40(31)49)69-43(64)27(2)57(5)34(48(50,51)52)16-17-72-33-21-39(61)59(42(33)63)24-28-12-14-30(15-13-28)41(62)55-56-53/h9-11,19-20,27-28,30,33-37,56,66H,12-18,21-25H2,1-8H3,(H,54,65)(H,55,62)/b11-9+,26-10+/t27-,28?,30?,33?,34?,35+,36-,37-,45+,46?,47-/m0/s1. The highest BCUT2D eigenvalue weighted by Gasteiger charge is 2.63. The van der Waals surface area contributed by atoms with E-state index in [4.69, 9.17) is 35.3 Å². The van der Waals surface area contributed by atoms with Crippen molar-refractivity contribution >= 4 is 87.6 Å². The lowest BCUT2D eigenvalue weighted by atomic mass is 9.72. The quantitative estimate of drug-likeness (QED) is 0.0546. The SMILES string of the molecule is COc1cc2cc(c1Cl)N(C)C(=O)C[C@H](OC(=O)[C@H](C)N(C)C(CCSC1CC(=O)N(CC3CCC(C(=O)NNI)CC3)C1=O)C(F)(F)F)[C@@]1(C)CC(C)(O1)[C@@H]1C[C@@](O)(NC(=O)O1)[C@H](OC)/C=C/C=C(\C)C2. The van der Waals surface area contributed by atoms with Crippen molar-refractivity contribution in [1.82, 2.24) is 24.2 Å². The van der Waals surface area contributed by atoms with Gasteiger partial charge in [-0.1, -0.05) is 35.4 Å². The molecule has 0 radical (unpaired) electrons. The van der Waals surface area contributed by atoms with E-state index in [1.54, 1.807) is 44.2 Å². The average Bonchev–Trinajstić information content (AvgIpc) is 3.57. The van der Waals surface area contributed by atoms with Crippen LogP contribution >= 0.6 is 46.2 Å². The Balaban J connectivity index is 1.19. The van der Waals surface area contributed by atoms with Gasteiger partial charge in [0, 0.05) is 68.7 Å². The monoisotopic (exact) mass is 1170 g/mol. The molecule has 400 valence electrons. The second-order valence-electron chi connectivity index (χ2n) is 19.9. The van der Waals surface area contributed by atoms with Gasteiger partial charge in [0.05, 0.1) is 24.5 Å². The van der Waals surface area contributed by atoms with Crippen molar-refractivity contribution in [3.05, 3.63) is 46.5 Å². The van der Waals surface area contributed by atoms with Gasteiger partial charge in [-0.15, -0.1) is 11.8 Å². The second-order valence-corrected chi connectivity index (χ2v) is 22.1. The number of aliphatic hydroxyl groups is 1. The Morgan fingerprint density at radius 3 is 2.40 bits per heavy atom.